The van der Waals surface area contributed by atoms with Gasteiger partial charge in [0.1, 0.15) is 5.75 Å². The van der Waals surface area contributed by atoms with E-state index in [9.17, 15) is 8.42 Å². The summed E-state index contributed by atoms with van der Waals surface area (Å²) in [5.41, 5.74) is 7.91. The Labute approximate surface area is 172 Å². The van der Waals surface area contributed by atoms with Crippen LogP contribution in [0, 0.1) is 0 Å². The fraction of sp³-hybridized carbons (Fsp3) is 0.368. The van der Waals surface area contributed by atoms with E-state index in [4.69, 9.17) is 10.5 Å². The van der Waals surface area contributed by atoms with Crippen molar-refractivity contribution in [3.63, 3.8) is 0 Å². The fourth-order valence-corrected chi connectivity index (χ4v) is 4.36. The number of nitrogens with one attached hydrogen (secondary N) is 2. The number of nitrogens with two attached hydrogens (primary N) is 1. The Morgan fingerprint density at radius 3 is 2.61 bits per heavy atom. The van der Waals surface area contributed by atoms with E-state index >= 15 is 0 Å². The van der Waals surface area contributed by atoms with Gasteiger partial charge in [0, 0.05) is 25.2 Å². The smallest absolute Gasteiger partial charge is 0.262 e. The summed E-state index contributed by atoms with van der Waals surface area (Å²) in [4.78, 5) is 2.33. The van der Waals surface area contributed by atoms with Crippen LogP contribution in [-0.2, 0) is 10.0 Å². The third kappa shape index (κ3) is 4.63. The van der Waals surface area contributed by atoms with Crippen LogP contribution in [0.5, 0.6) is 5.75 Å². The standard InChI is InChI=1S/C19H26N4O3S.ClH/c1-13-12-23(14(2)11-21-13)18-9-8-15(10-16(18)20)27(24,25)22-17-6-4-5-7-19(17)26-3;/h4-10,13-14,21-22H,11-12,20H2,1-3H3;1H/t13-,14+;/m0./s1. The Hall–Kier alpha value is -2.16. The monoisotopic (exact) mass is 426 g/mol. The van der Waals surface area contributed by atoms with Crippen molar-refractivity contribution in [2.24, 2.45) is 0 Å². The zero-order valence-corrected chi connectivity index (χ0v) is 17.8. The fourth-order valence-electron chi connectivity index (χ4n) is 3.25. The molecule has 1 fully saturated rings. The molecule has 2 atom stereocenters. The van der Waals surface area contributed by atoms with Crippen LogP contribution < -0.4 is 25.4 Å². The first-order chi connectivity index (χ1) is 12.8. The van der Waals surface area contributed by atoms with Crippen LogP contribution in [0.1, 0.15) is 13.8 Å². The molecule has 28 heavy (non-hydrogen) atoms. The van der Waals surface area contributed by atoms with Crippen molar-refractivity contribution >= 4 is 39.5 Å². The van der Waals surface area contributed by atoms with Gasteiger partial charge in [-0.1, -0.05) is 12.1 Å². The second kappa shape index (κ2) is 8.89. The number of anilines is 3. The summed E-state index contributed by atoms with van der Waals surface area (Å²) in [5, 5.41) is 3.42. The van der Waals surface area contributed by atoms with Crippen molar-refractivity contribution < 1.29 is 13.2 Å². The number of methoxy groups -OCH3 is 1. The molecule has 1 aliphatic heterocycles. The normalized spacial score (nSPS) is 19.6. The van der Waals surface area contributed by atoms with Crippen LogP contribution in [0.2, 0.25) is 0 Å². The van der Waals surface area contributed by atoms with Crippen LogP contribution in [0.3, 0.4) is 0 Å². The predicted molar refractivity (Wildman–Crippen MR) is 116 cm³/mol. The van der Waals surface area contributed by atoms with Gasteiger partial charge in [0.25, 0.3) is 10.0 Å². The van der Waals surface area contributed by atoms with E-state index in [2.05, 4.69) is 28.8 Å². The topological polar surface area (TPSA) is 96.7 Å². The van der Waals surface area contributed by atoms with Gasteiger partial charge in [-0.25, -0.2) is 8.42 Å². The van der Waals surface area contributed by atoms with Crippen LogP contribution in [0.4, 0.5) is 17.1 Å². The zero-order chi connectivity index (χ0) is 19.6. The number of rotatable bonds is 5. The van der Waals surface area contributed by atoms with E-state index in [0.29, 0.717) is 23.2 Å². The first-order valence-corrected chi connectivity index (χ1v) is 10.4. The van der Waals surface area contributed by atoms with E-state index in [1.807, 2.05) is 0 Å². The van der Waals surface area contributed by atoms with Crippen LogP contribution in [0.15, 0.2) is 47.4 Å². The minimum atomic E-state index is -3.78. The molecule has 0 spiro atoms. The average molecular weight is 427 g/mol. The zero-order valence-electron chi connectivity index (χ0n) is 16.2. The first kappa shape index (κ1) is 22.1. The minimum absolute atomic E-state index is 0. The van der Waals surface area contributed by atoms with Gasteiger partial charge < -0.3 is 20.7 Å². The number of hydrogen-bond donors (Lipinski definition) is 3. The number of hydrogen-bond acceptors (Lipinski definition) is 6. The summed E-state index contributed by atoms with van der Waals surface area (Å²) in [6.45, 7) is 5.91. The molecule has 0 amide bonds. The van der Waals surface area contributed by atoms with Gasteiger partial charge in [-0.15, -0.1) is 12.4 Å². The molecular formula is C19H27ClN4O3S. The molecule has 2 aromatic rings. The highest BCUT2D eigenvalue weighted by Crippen LogP contribution is 2.31. The van der Waals surface area contributed by atoms with Gasteiger partial charge in [-0.3, -0.25) is 4.72 Å². The van der Waals surface area contributed by atoms with Crippen molar-refractivity contribution in [2.75, 3.05) is 35.6 Å². The van der Waals surface area contributed by atoms with Crippen molar-refractivity contribution in [3.05, 3.63) is 42.5 Å². The molecule has 7 nitrogen and oxygen atoms in total. The highest BCUT2D eigenvalue weighted by atomic mass is 35.5. The molecule has 2 aromatic carbocycles. The number of nitrogen functional groups attached to an aromatic ring is 1. The van der Waals surface area contributed by atoms with Gasteiger partial charge in [0.15, 0.2) is 0 Å². The predicted octanol–water partition coefficient (Wildman–Crippen LogP) is 2.69. The molecule has 0 unspecified atom stereocenters. The summed E-state index contributed by atoms with van der Waals surface area (Å²) in [6.07, 6.45) is 0. The van der Waals surface area contributed by atoms with Gasteiger partial charge in [0.05, 0.1) is 29.1 Å². The number of piperazine rings is 1. The third-order valence-corrected chi connectivity index (χ3v) is 6.10. The Morgan fingerprint density at radius 2 is 1.93 bits per heavy atom. The first-order valence-electron chi connectivity index (χ1n) is 8.87. The lowest BCUT2D eigenvalue weighted by molar-refractivity contribution is 0.417. The van der Waals surface area contributed by atoms with E-state index in [1.165, 1.54) is 13.2 Å². The maximum atomic E-state index is 12.8. The van der Waals surface area contributed by atoms with Crippen molar-refractivity contribution in [1.82, 2.24) is 5.32 Å². The molecule has 0 saturated carbocycles. The molecule has 154 valence electrons. The molecule has 0 bridgehead atoms. The summed E-state index contributed by atoms with van der Waals surface area (Å²) in [5.74, 6) is 0.453. The molecule has 9 heteroatoms. The van der Waals surface area contributed by atoms with E-state index < -0.39 is 10.0 Å². The third-order valence-electron chi connectivity index (χ3n) is 4.73. The number of nitrogens with zero attached hydrogens (tertiary/aromatic N) is 1. The largest absolute Gasteiger partial charge is 0.495 e. The summed E-state index contributed by atoms with van der Waals surface area (Å²) < 4.78 is 33.3. The highest BCUT2D eigenvalue weighted by Gasteiger charge is 2.25. The van der Waals surface area contributed by atoms with E-state index in [1.54, 1.807) is 36.4 Å². The Balaban J connectivity index is 0.00000280. The maximum Gasteiger partial charge on any atom is 0.262 e. The van der Waals surface area contributed by atoms with Gasteiger partial charge >= 0.3 is 0 Å². The van der Waals surface area contributed by atoms with Crippen molar-refractivity contribution in [2.45, 2.75) is 30.8 Å². The number of halogens is 1. The number of ether oxygens (including phenoxy) is 1. The molecular weight excluding hydrogens is 400 g/mol. The van der Waals surface area contributed by atoms with Gasteiger partial charge in [-0.2, -0.15) is 0 Å². The molecule has 0 radical (unpaired) electrons. The van der Waals surface area contributed by atoms with Crippen LogP contribution in [0.25, 0.3) is 0 Å². The minimum Gasteiger partial charge on any atom is -0.495 e. The van der Waals surface area contributed by atoms with Crippen molar-refractivity contribution in [3.8, 4) is 5.75 Å². The Kier molecular flexibility index (Phi) is 7.03. The van der Waals surface area contributed by atoms with Crippen LogP contribution >= 0.6 is 12.4 Å². The van der Waals surface area contributed by atoms with Crippen molar-refractivity contribution in [1.29, 1.82) is 0 Å². The number of sulfonamides is 1. The lowest BCUT2D eigenvalue weighted by atomic mass is 10.1. The summed E-state index contributed by atoms with van der Waals surface area (Å²) in [6, 6.07) is 12.4. The Bertz CT molecular complexity index is 923. The summed E-state index contributed by atoms with van der Waals surface area (Å²) >= 11 is 0. The quantitative estimate of drug-likeness (QED) is 0.636. The SMILES string of the molecule is COc1ccccc1NS(=O)(=O)c1ccc(N2C[C@H](C)NC[C@H]2C)c(N)c1.Cl. The second-order valence-corrected chi connectivity index (χ2v) is 8.52. The van der Waals surface area contributed by atoms with E-state index in [-0.39, 0.29) is 23.3 Å². The van der Waals surface area contributed by atoms with E-state index in [0.717, 1.165) is 18.8 Å². The summed E-state index contributed by atoms with van der Waals surface area (Å²) in [7, 11) is -2.29. The molecule has 3 rings (SSSR count). The maximum absolute atomic E-state index is 12.8. The van der Waals surface area contributed by atoms with Crippen LogP contribution in [-0.4, -0.2) is 40.7 Å². The molecule has 4 N–H and O–H groups in total. The highest BCUT2D eigenvalue weighted by molar-refractivity contribution is 7.92. The molecule has 0 aromatic heterocycles. The molecule has 0 aliphatic carbocycles. The van der Waals surface area contributed by atoms with Gasteiger partial charge in [0.2, 0.25) is 0 Å². The molecule has 1 saturated heterocycles. The number of benzene rings is 2. The number of para-hydroxylation sites is 2. The lowest BCUT2D eigenvalue weighted by Crippen LogP contribution is -2.54. The average Bonchev–Trinajstić information content (AvgIpc) is 2.64. The molecule has 1 heterocycles. The second-order valence-electron chi connectivity index (χ2n) is 6.84. The molecule has 1 aliphatic rings. The van der Waals surface area contributed by atoms with Gasteiger partial charge in [-0.05, 0) is 44.2 Å². The Morgan fingerprint density at radius 1 is 1.21 bits per heavy atom. The lowest BCUT2D eigenvalue weighted by Gasteiger charge is -2.39.